The first kappa shape index (κ1) is 16.2. The standard InChI is InChI=1S/C20H21NO3/c1-14(2)20(23)24-13-19(22)21-17-9-5-3-7-15(17)11-12-16-8-4-6-10-18(16)21/h3-10,14H,11-13H2,1-2H3. The fourth-order valence-electron chi connectivity index (χ4n) is 2.91. The molecule has 3 rings (SSSR count). The van der Waals surface area contributed by atoms with Crippen LogP contribution >= 0.6 is 0 Å². The SMILES string of the molecule is CC(C)C(=O)OCC(=O)N1c2ccccc2CCc2ccccc21. The van der Waals surface area contributed by atoms with Gasteiger partial charge < -0.3 is 4.74 Å². The van der Waals surface area contributed by atoms with Gasteiger partial charge in [0, 0.05) is 0 Å². The van der Waals surface area contributed by atoms with E-state index in [1.54, 1.807) is 18.7 Å². The van der Waals surface area contributed by atoms with Crippen LogP contribution in [0.4, 0.5) is 11.4 Å². The van der Waals surface area contributed by atoms with Crippen LogP contribution in [0.15, 0.2) is 48.5 Å². The molecule has 0 bridgehead atoms. The normalized spacial score (nSPS) is 13.0. The third-order valence-electron chi connectivity index (χ3n) is 4.19. The van der Waals surface area contributed by atoms with Crippen LogP contribution in [0, 0.1) is 5.92 Å². The van der Waals surface area contributed by atoms with Crippen LogP contribution in [-0.2, 0) is 27.2 Å². The maximum absolute atomic E-state index is 12.9. The molecule has 0 aromatic heterocycles. The Kier molecular flexibility index (Phi) is 4.65. The van der Waals surface area contributed by atoms with Crippen LogP contribution < -0.4 is 4.90 Å². The van der Waals surface area contributed by atoms with Crippen molar-refractivity contribution in [3.8, 4) is 0 Å². The molecule has 0 fully saturated rings. The Morgan fingerprint density at radius 3 is 1.96 bits per heavy atom. The second kappa shape index (κ2) is 6.87. The topological polar surface area (TPSA) is 46.6 Å². The highest BCUT2D eigenvalue weighted by molar-refractivity contribution is 6.03. The summed E-state index contributed by atoms with van der Waals surface area (Å²) in [6.45, 7) is 3.26. The summed E-state index contributed by atoms with van der Waals surface area (Å²) in [7, 11) is 0. The van der Waals surface area contributed by atoms with Gasteiger partial charge in [0.05, 0.1) is 17.3 Å². The predicted octanol–water partition coefficient (Wildman–Crippen LogP) is 3.65. The number of hydrogen-bond acceptors (Lipinski definition) is 3. The Balaban J connectivity index is 1.96. The number of fused-ring (bicyclic) bond motifs is 2. The Morgan fingerprint density at radius 1 is 0.958 bits per heavy atom. The average Bonchev–Trinajstić information content (AvgIpc) is 2.76. The van der Waals surface area contributed by atoms with Crippen molar-refractivity contribution in [2.45, 2.75) is 26.7 Å². The highest BCUT2D eigenvalue weighted by Crippen LogP contribution is 2.35. The lowest BCUT2D eigenvalue weighted by Gasteiger charge is -2.25. The average molecular weight is 323 g/mol. The summed E-state index contributed by atoms with van der Waals surface area (Å²) >= 11 is 0. The Morgan fingerprint density at radius 2 is 1.46 bits per heavy atom. The van der Waals surface area contributed by atoms with Gasteiger partial charge in [0.15, 0.2) is 6.61 Å². The fraction of sp³-hybridized carbons (Fsp3) is 0.300. The molecular weight excluding hydrogens is 302 g/mol. The molecule has 2 aromatic rings. The number of rotatable bonds is 3. The molecule has 1 aliphatic rings. The van der Waals surface area contributed by atoms with E-state index in [0.717, 1.165) is 35.3 Å². The van der Waals surface area contributed by atoms with Crippen molar-refractivity contribution >= 4 is 23.3 Å². The molecule has 0 aliphatic carbocycles. The largest absolute Gasteiger partial charge is 0.455 e. The summed E-state index contributed by atoms with van der Waals surface area (Å²) in [5, 5.41) is 0. The van der Waals surface area contributed by atoms with E-state index in [1.165, 1.54) is 0 Å². The first-order valence-electron chi connectivity index (χ1n) is 8.23. The van der Waals surface area contributed by atoms with Crippen molar-refractivity contribution in [1.29, 1.82) is 0 Å². The van der Waals surface area contributed by atoms with Crippen LogP contribution in [0.25, 0.3) is 0 Å². The van der Waals surface area contributed by atoms with Gasteiger partial charge in [-0.2, -0.15) is 0 Å². The Hall–Kier alpha value is -2.62. The van der Waals surface area contributed by atoms with Crippen LogP contribution in [0.3, 0.4) is 0 Å². The van der Waals surface area contributed by atoms with E-state index < -0.39 is 0 Å². The number of hydrogen-bond donors (Lipinski definition) is 0. The highest BCUT2D eigenvalue weighted by atomic mass is 16.5. The molecule has 124 valence electrons. The molecule has 4 heteroatoms. The molecule has 1 amide bonds. The smallest absolute Gasteiger partial charge is 0.308 e. The molecule has 1 heterocycles. The zero-order valence-electron chi connectivity index (χ0n) is 14.0. The van der Waals surface area contributed by atoms with Gasteiger partial charge in [0.25, 0.3) is 5.91 Å². The molecule has 0 radical (unpaired) electrons. The van der Waals surface area contributed by atoms with Crippen molar-refractivity contribution in [3.63, 3.8) is 0 Å². The number of aryl methyl sites for hydroxylation is 2. The maximum atomic E-state index is 12.9. The number of nitrogens with zero attached hydrogens (tertiary/aromatic N) is 1. The first-order valence-corrected chi connectivity index (χ1v) is 8.23. The minimum Gasteiger partial charge on any atom is -0.455 e. The van der Waals surface area contributed by atoms with Crippen LogP contribution in [-0.4, -0.2) is 18.5 Å². The van der Waals surface area contributed by atoms with Crippen molar-refractivity contribution in [1.82, 2.24) is 0 Å². The van der Waals surface area contributed by atoms with Crippen molar-refractivity contribution in [2.75, 3.05) is 11.5 Å². The number of anilines is 2. The summed E-state index contributed by atoms with van der Waals surface area (Å²) < 4.78 is 5.16. The van der Waals surface area contributed by atoms with Crippen LogP contribution in [0.1, 0.15) is 25.0 Å². The van der Waals surface area contributed by atoms with Crippen molar-refractivity contribution < 1.29 is 14.3 Å². The lowest BCUT2D eigenvalue weighted by molar-refractivity contribution is -0.150. The highest BCUT2D eigenvalue weighted by Gasteiger charge is 2.26. The zero-order valence-corrected chi connectivity index (χ0v) is 14.0. The minimum absolute atomic E-state index is 0.231. The molecule has 0 N–H and O–H groups in total. The first-order chi connectivity index (χ1) is 11.6. The van der Waals surface area contributed by atoms with E-state index in [0.29, 0.717) is 0 Å². The number of esters is 1. The molecule has 24 heavy (non-hydrogen) atoms. The summed E-state index contributed by atoms with van der Waals surface area (Å²) in [4.78, 5) is 26.2. The van der Waals surface area contributed by atoms with Gasteiger partial charge in [-0.25, -0.2) is 0 Å². The third kappa shape index (κ3) is 3.18. The molecule has 1 aliphatic heterocycles. The van der Waals surface area contributed by atoms with Crippen molar-refractivity contribution in [2.24, 2.45) is 5.92 Å². The molecule has 0 spiro atoms. The monoisotopic (exact) mass is 323 g/mol. The van der Waals surface area contributed by atoms with Gasteiger partial charge in [0.1, 0.15) is 0 Å². The van der Waals surface area contributed by atoms with E-state index in [-0.39, 0.29) is 24.4 Å². The van der Waals surface area contributed by atoms with E-state index in [2.05, 4.69) is 0 Å². The van der Waals surface area contributed by atoms with Crippen LogP contribution in [0.2, 0.25) is 0 Å². The number of carbonyl (C=O) groups is 2. The van der Waals surface area contributed by atoms with E-state index >= 15 is 0 Å². The second-order valence-corrected chi connectivity index (χ2v) is 6.25. The second-order valence-electron chi connectivity index (χ2n) is 6.25. The predicted molar refractivity (Wildman–Crippen MR) is 93.2 cm³/mol. The van der Waals surface area contributed by atoms with E-state index in [4.69, 9.17) is 4.74 Å². The Labute approximate surface area is 142 Å². The Bertz CT molecular complexity index is 719. The molecule has 0 saturated carbocycles. The summed E-state index contributed by atoms with van der Waals surface area (Å²) in [6.07, 6.45) is 1.76. The lowest BCUT2D eigenvalue weighted by atomic mass is 10.0. The molecule has 0 unspecified atom stereocenters. The molecule has 0 atom stereocenters. The van der Waals surface area contributed by atoms with Crippen molar-refractivity contribution in [3.05, 3.63) is 59.7 Å². The van der Waals surface area contributed by atoms with Gasteiger partial charge in [-0.15, -0.1) is 0 Å². The minimum atomic E-state index is -0.361. The van der Waals surface area contributed by atoms with Gasteiger partial charge >= 0.3 is 5.97 Å². The summed E-state index contributed by atoms with van der Waals surface area (Å²) in [6, 6.07) is 15.8. The van der Waals surface area contributed by atoms with Gasteiger partial charge in [-0.1, -0.05) is 50.2 Å². The van der Waals surface area contributed by atoms with Gasteiger partial charge in [-0.3, -0.25) is 14.5 Å². The number of carbonyl (C=O) groups excluding carboxylic acids is 2. The number of amides is 1. The van der Waals surface area contributed by atoms with E-state index in [9.17, 15) is 9.59 Å². The summed E-state index contributed by atoms with van der Waals surface area (Å²) in [5.74, 6) is -0.841. The maximum Gasteiger partial charge on any atom is 0.308 e. The molecular formula is C20H21NO3. The number of para-hydroxylation sites is 2. The van der Waals surface area contributed by atoms with Crippen LogP contribution in [0.5, 0.6) is 0 Å². The third-order valence-corrected chi connectivity index (χ3v) is 4.19. The lowest BCUT2D eigenvalue weighted by Crippen LogP contribution is -2.32. The molecule has 2 aromatic carbocycles. The molecule has 0 saturated heterocycles. The van der Waals surface area contributed by atoms with E-state index in [1.807, 2.05) is 48.5 Å². The number of ether oxygens (including phenoxy) is 1. The quantitative estimate of drug-likeness (QED) is 0.810. The zero-order chi connectivity index (χ0) is 17.1. The van der Waals surface area contributed by atoms with Gasteiger partial charge in [0.2, 0.25) is 0 Å². The fourth-order valence-corrected chi connectivity index (χ4v) is 2.91. The number of benzene rings is 2. The van der Waals surface area contributed by atoms with Gasteiger partial charge in [-0.05, 0) is 36.1 Å². The summed E-state index contributed by atoms with van der Waals surface area (Å²) in [5.41, 5.74) is 3.98. The molecule has 4 nitrogen and oxygen atoms in total.